The van der Waals surface area contributed by atoms with Crippen LogP contribution in [0.4, 0.5) is 10.1 Å². The minimum absolute atomic E-state index is 0.135. The Labute approximate surface area is 197 Å². The van der Waals surface area contributed by atoms with Crippen LogP contribution in [0.25, 0.3) is 0 Å². The van der Waals surface area contributed by atoms with Crippen molar-refractivity contribution in [3.05, 3.63) is 50.9 Å². The standard InChI is InChI=1S/C23H28ClFN4O2S/c1-17(30)18-2-4-21(20(25)14-18)28-10-12-29(13-11-28)23(31)16-27-8-6-26(7-9-27)15-19-3-5-22(24)32-19/h2-5,14H,6-13,15-16H2,1H3. The van der Waals surface area contributed by atoms with E-state index in [4.69, 9.17) is 11.6 Å². The molecule has 2 aliphatic heterocycles. The molecule has 1 aromatic heterocycles. The SMILES string of the molecule is CC(=O)c1ccc(N2CCN(C(=O)CN3CCN(Cc4ccc(Cl)s4)CC3)CC2)c(F)c1. The predicted octanol–water partition coefficient (Wildman–Crippen LogP) is 3.21. The van der Waals surface area contributed by atoms with Gasteiger partial charge < -0.3 is 9.80 Å². The Morgan fingerprint density at radius 2 is 1.66 bits per heavy atom. The molecule has 2 aromatic rings. The number of carbonyl (C=O) groups is 2. The molecule has 1 amide bonds. The molecule has 32 heavy (non-hydrogen) atoms. The van der Waals surface area contributed by atoms with Crippen molar-refractivity contribution < 1.29 is 14.0 Å². The van der Waals surface area contributed by atoms with Gasteiger partial charge in [0.15, 0.2) is 5.78 Å². The number of nitrogens with zero attached hydrogens (tertiary/aromatic N) is 4. The third-order valence-electron chi connectivity index (χ3n) is 6.16. The Hall–Kier alpha value is -2.00. The summed E-state index contributed by atoms with van der Waals surface area (Å²) in [6, 6.07) is 8.62. The summed E-state index contributed by atoms with van der Waals surface area (Å²) in [5, 5.41) is 0. The molecule has 1 aromatic carbocycles. The van der Waals surface area contributed by atoms with Gasteiger partial charge in [-0.1, -0.05) is 11.6 Å². The van der Waals surface area contributed by atoms with Gasteiger partial charge in [-0.15, -0.1) is 11.3 Å². The van der Waals surface area contributed by atoms with E-state index in [1.807, 2.05) is 15.9 Å². The average molecular weight is 479 g/mol. The first-order valence-electron chi connectivity index (χ1n) is 10.9. The fraction of sp³-hybridized carbons (Fsp3) is 0.478. The molecular weight excluding hydrogens is 451 g/mol. The number of hydrogen-bond acceptors (Lipinski definition) is 6. The van der Waals surface area contributed by atoms with E-state index < -0.39 is 0 Å². The summed E-state index contributed by atoms with van der Waals surface area (Å²) < 4.78 is 15.3. The topological polar surface area (TPSA) is 47.1 Å². The second kappa shape index (κ2) is 10.3. The number of carbonyl (C=O) groups excluding carboxylic acids is 2. The minimum Gasteiger partial charge on any atom is -0.366 e. The number of ketones is 1. The summed E-state index contributed by atoms with van der Waals surface area (Å²) in [6.07, 6.45) is 0. The zero-order valence-corrected chi connectivity index (χ0v) is 19.8. The van der Waals surface area contributed by atoms with Crippen LogP contribution < -0.4 is 4.90 Å². The Kier molecular flexibility index (Phi) is 7.45. The molecule has 2 aliphatic rings. The van der Waals surface area contributed by atoms with Gasteiger partial charge in [-0.05, 0) is 37.3 Å². The highest BCUT2D eigenvalue weighted by Crippen LogP contribution is 2.24. The lowest BCUT2D eigenvalue weighted by Crippen LogP contribution is -2.53. The summed E-state index contributed by atoms with van der Waals surface area (Å²) >= 11 is 7.64. The summed E-state index contributed by atoms with van der Waals surface area (Å²) in [5.74, 6) is -0.404. The minimum atomic E-state index is -0.389. The molecule has 0 bridgehead atoms. The molecule has 0 atom stereocenters. The van der Waals surface area contributed by atoms with Crippen LogP contribution in [-0.4, -0.2) is 85.3 Å². The second-order valence-electron chi connectivity index (χ2n) is 8.35. The highest BCUT2D eigenvalue weighted by atomic mass is 35.5. The van der Waals surface area contributed by atoms with E-state index in [1.165, 1.54) is 17.9 Å². The van der Waals surface area contributed by atoms with Crippen LogP contribution in [0, 0.1) is 5.82 Å². The highest BCUT2D eigenvalue weighted by molar-refractivity contribution is 7.16. The molecule has 2 fully saturated rings. The number of Topliss-reactive ketones (excluding diaryl/α,β-unsaturated/α-hetero) is 1. The molecule has 4 rings (SSSR count). The smallest absolute Gasteiger partial charge is 0.236 e. The van der Waals surface area contributed by atoms with Gasteiger partial charge in [0.2, 0.25) is 5.91 Å². The maximum Gasteiger partial charge on any atom is 0.236 e. The van der Waals surface area contributed by atoms with Gasteiger partial charge in [0.05, 0.1) is 16.6 Å². The zero-order valence-electron chi connectivity index (χ0n) is 18.2. The summed E-state index contributed by atoms with van der Waals surface area (Å²) in [4.78, 5) is 33.9. The van der Waals surface area contributed by atoms with Gasteiger partial charge in [-0.25, -0.2) is 4.39 Å². The molecule has 0 unspecified atom stereocenters. The Bertz CT molecular complexity index is 969. The predicted molar refractivity (Wildman–Crippen MR) is 126 cm³/mol. The molecule has 0 radical (unpaired) electrons. The van der Waals surface area contributed by atoms with Gasteiger partial charge in [0.25, 0.3) is 0 Å². The summed E-state index contributed by atoms with van der Waals surface area (Å²) in [7, 11) is 0. The molecule has 172 valence electrons. The number of hydrogen-bond donors (Lipinski definition) is 0. The Morgan fingerprint density at radius 1 is 0.969 bits per heavy atom. The Balaban J connectivity index is 1.22. The van der Waals surface area contributed by atoms with Crippen molar-refractivity contribution in [3.8, 4) is 0 Å². The van der Waals surface area contributed by atoms with Crippen molar-refractivity contribution in [3.63, 3.8) is 0 Å². The first-order valence-corrected chi connectivity index (χ1v) is 12.1. The van der Waals surface area contributed by atoms with Crippen LogP contribution >= 0.6 is 22.9 Å². The maximum absolute atomic E-state index is 14.4. The van der Waals surface area contributed by atoms with Crippen molar-refractivity contribution in [1.82, 2.24) is 14.7 Å². The van der Waals surface area contributed by atoms with E-state index in [1.54, 1.807) is 23.5 Å². The first-order chi connectivity index (χ1) is 15.4. The number of amides is 1. The average Bonchev–Trinajstić information content (AvgIpc) is 3.19. The molecular formula is C23H28ClFN4O2S. The lowest BCUT2D eigenvalue weighted by atomic mass is 10.1. The molecule has 6 nitrogen and oxygen atoms in total. The van der Waals surface area contributed by atoms with Crippen LogP contribution in [-0.2, 0) is 11.3 Å². The zero-order chi connectivity index (χ0) is 22.7. The molecule has 0 aliphatic carbocycles. The van der Waals surface area contributed by atoms with E-state index in [0.29, 0.717) is 44.0 Å². The quantitative estimate of drug-likeness (QED) is 0.597. The van der Waals surface area contributed by atoms with E-state index in [-0.39, 0.29) is 17.5 Å². The number of rotatable bonds is 6. The number of piperazine rings is 2. The van der Waals surface area contributed by atoms with Crippen LogP contribution in [0.2, 0.25) is 4.34 Å². The van der Waals surface area contributed by atoms with Gasteiger partial charge >= 0.3 is 0 Å². The second-order valence-corrected chi connectivity index (χ2v) is 10.1. The van der Waals surface area contributed by atoms with Gasteiger partial charge in [-0.2, -0.15) is 0 Å². The van der Waals surface area contributed by atoms with Crippen molar-refractivity contribution in [2.45, 2.75) is 13.5 Å². The fourth-order valence-electron chi connectivity index (χ4n) is 4.23. The van der Waals surface area contributed by atoms with Crippen LogP contribution in [0.15, 0.2) is 30.3 Å². The van der Waals surface area contributed by atoms with Crippen LogP contribution in [0.5, 0.6) is 0 Å². The van der Waals surface area contributed by atoms with E-state index in [9.17, 15) is 14.0 Å². The molecule has 0 spiro atoms. The molecule has 3 heterocycles. The molecule has 2 saturated heterocycles. The monoisotopic (exact) mass is 478 g/mol. The van der Waals surface area contributed by atoms with Crippen molar-refractivity contribution in [2.24, 2.45) is 0 Å². The Morgan fingerprint density at radius 3 is 2.25 bits per heavy atom. The van der Waals surface area contributed by atoms with E-state index in [0.717, 1.165) is 37.1 Å². The third kappa shape index (κ3) is 5.67. The van der Waals surface area contributed by atoms with Crippen LogP contribution in [0.1, 0.15) is 22.2 Å². The van der Waals surface area contributed by atoms with Crippen molar-refractivity contribution in [2.75, 3.05) is 63.8 Å². The lowest BCUT2D eigenvalue weighted by molar-refractivity contribution is -0.133. The van der Waals surface area contributed by atoms with Gasteiger partial charge in [0.1, 0.15) is 5.82 Å². The molecule has 0 saturated carbocycles. The number of anilines is 1. The number of thiophene rings is 1. The number of halogens is 2. The fourth-order valence-corrected chi connectivity index (χ4v) is 5.36. The largest absolute Gasteiger partial charge is 0.366 e. The third-order valence-corrected chi connectivity index (χ3v) is 7.38. The van der Waals surface area contributed by atoms with Crippen LogP contribution in [0.3, 0.4) is 0 Å². The summed E-state index contributed by atoms with van der Waals surface area (Å²) in [6.45, 7) is 8.70. The number of benzene rings is 1. The highest BCUT2D eigenvalue weighted by Gasteiger charge is 2.26. The van der Waals surface area contributed by atoms with Gasteiger partial charge in [0, 0.05) is 69.3 Å². The van der Waals surface area contributed by atoms with Crippen molar-refractivity contribution >= 4 is 40.3 Å². The first kappa shape index (κ1) is 23.2. The lowest BCUT2D eigenvalue weighted by Gasteiger charge is -2.38. The summed E-state index contributed by atoms with van der Waals surface area (Å²) in [5.41, 5.74) is 0.865. The van der Waals surface area contributed by atoms with E-state index >= 15 is 0 Å². The normalized spacial score (nSPS) is 18.2. The molecule has 9 heteroatoms. The van der Waals surface area contributed by atoms with Crippen molar-refractivity contribution in [1.29, 1.82) is 0 Å². The van der Waals surface area contributed by atoms with E-state index in [2.05, 4.69) is 15.9 Å². The maximum atomic E-state index is 14.4. The molecule has 0 N–H and O–H groups in total. The van der Waals surface area contributed by atoms with Gasteiger partial charge in [-0.3, -0.25) is 19.4 Å².